The lowest BCUT2D eigenvalue weighted by atomic mass is 9.78. The van der Waals surface area contributed by atoms with Gasteiger partial charge in [-0.2, -0.15) is 0 Å². The van der Waals surface area contributed by atoms with E-state index in [9.17, 15) is 4.79 Å². The lowest BCUT2D eigenvalue weighted by molar-refractivity contribution is -0.146. The lowest BCUT2D eigenvalue weighted by Crippen LogP contribution is -2.48. The van der Waals surface area contributed by atoms with Gasteiger partial charge >= 0.3 is 0 Å². The van der Waals surface area contributed by atoms with Crippen molar-refractivity contribution in [1.82, 2.24) is 4.90 Å². The first-order valence-electron chi connectivity index (χ1n) is 7.72. The Hall–Kier alpha value is -0.320. The van der Waals surface area contributed by atoms with Gasteiger partial charge < -0.3 is 15.4 Å². The number of rotatable bonds is 4. The molecular weight excluding hydrogens is 276 g/mol. The monoisotopic (exact) mass is 304 g/mol. The second-order valence-corrected chi connectivity index (χ2v) is 6.48. The molecule has 0 radical (unpaired) electrons. The highest BCUT2D eigenvalue weighted by Gasteiger charge is 2.37. The molecule has 4 nitrogen and oxygen atoms in total. The smallest absolute Gasteiger partial charge is 0.251 e. The number of hydrogen-bond acceptors (Lipinski definition) is 3. The molecule has 2 saturated heterocycles. The molecule has 0 spiro atoms. The van der Waals surface area contributed by atoms with Crippen molar-refractivity contribution in [3.05, 3.63) is 0 Å². The SMILES string of the molecule is CCCC1(C)CCCN(C(=O)[C@@H]2CC[C@H](CN)O2)C1.Cl. The molecule has 1 amide bonds. The molecule has 20 heavy (non-hydrogen) atoms. The summed E-state index contributed by atoms with van der Waals surface area (Å²) in [6.07, 6.45) is 6.35. The number of hydrogen-bond donors (Lipinski definition) is 1. The van der Waals surface area contributed by atoms with Crippen molar-refractivity contribution in [1.29, 1.82) is 0 Å². The lowest BCUT2D eigenvalue weighted by Gasteiger charge is -2.41. The third-order valence-electron chi connectivity index (χ3n) is 4.59. The second-order valence-electron chi connectivity index (χ2n) is 6.48. The van der Waals surface area contributed by atoms with E-state index in [1.807, 2.05) is 4.90 Å². The first-order chi connectivity index (χ1) is 9.08. The fraction of sp³-hybridized carbons (Fsp3) is 0.933. The third kappa shape index (κ3) is 4.09. The second kappa shape index (κ2) is 7.62. The molecule has 5 heteroatoms. The molecule has 2 aliphatic rings. The molecule has 118 valence electrons. The van der Waals surface area contributed by atoms with Crippen LogP contribution in [0.15, 0.2) is 0 Å². The van der Waals surface area contributed by atoms with Crippen molar-refractivity contribution in [2.24, 2.45) is 11.1 Å². The molecule has 2 rings (SSSR count). The molecule has 2 aliphatic heterocycles. The van der Waals surface area contributed by atoms with Crippen LogP contribution in [-0.4, -0.2) is 42.6 Å². The molecule has 0 aromatic heterocycles. The predicted molar refractivity (Wildman–Crippen MR) is 83.0 cm³/mol. The molecule has 0 saturated carbocycles. The fourth-order valence-electron chi connectivity index (χ4n) is 3.58. The van der Waals surface area contributed by atoms with E-state index in [-0.39, 0.29) is 30.5 Å². The summed E-state index contributed by atoms with van der Waals surface area (Å²) in [6.45, 7) is 6.85. The van der Waals surface area contributed by atoms with Gasteiger partial charge in [0.1, 0.15) is 6.10 Å². The topological polar surface area (TPSA) is 55.6 Å². The summed E-state index contributed by atoms with van der Waals surface area (Å²) in [5.41, 5.74) is 5.91. The van der Waals surface area contributed by atoms with Crippen LogP contribution in [0.25, 0.3) is 0 Å². The fourth-order valence-corrected chi connectivity index (χ4v) is 3.58. The Morgan fingerprint density at radius 2 is 2.20 bits per heavy atom. The van der Waals surface area contributed by atoms with Crippen LogP contribution >= 0.6 is 12.4 Å². The van der Waals surface area contributed by atoms with Gasteiger partial charge in [-0.15, -0.1) is 12.4 Å². The average Bonchev–Trinajstić information content (AvgIpc) is 2.86. The van der Waals surface area contributed by atoms with Gasteiger partial charge in [0.15, 0.2) is 0 Å². The maximum atomic E-state index is 12.5. The molecule has 2 N–H and O–H groups in total. The molecular formula is C15H29ClN2O2. The van der Waals surface area contributed by atoms with Crippen molar-refractivity contribution in [2.45, 2.75) is 64.6 Å². The third-order valence-corrected chi connectivity index (χ3v) is 4.59. The van der Waals surface area contributed by atoms with Crippen molar-refractivity contribution in [3.8, 4) is 0 Å². The number of amides is 1. The standard InChI is InChI=1S/C15H28N2O2.ClH/c1-3-7-15(2)8-4-9-17(11-15)14(18)13-6-5-12(10-16)19-13;/h12-13H,3-11,16H2,1-2H3;1H/t12-,13+,15?;/m1./s1. The van der Waals surface area contributed by atoms with Crippen LogP contribution in [0.1, 0.15) is 52.4 Å². The predicted octanol–water partition coefficient (Wildman–Crippen LogP) is 2.34. The van der Waals surface area contributed by atoms with E-state index in [0.717, 1.165) is 32.4 Å². The van der Waals surface area contributed by atoms with Crippen molar-refractivity contribution >= 4 is 18.3 Å². The summed E-state index contributed by atoms with van der Waals surface area (Å²) in [4.78, 5) is 14.5. The number of piperidine rings is 1. The minimum atomic E-state index is -0.238. The minimum Gasteiger partial charge on any atom is -0.364 e. The van der Waals surface area contributed by atoms with Gasteiger partial charge in [0.05, 0.1) is 6.10 Å². The number of likely N-dealkylation sites (tertiary alicyclic amines) is 1. The molecule has 2 fully saturated rings. The van der Waals surface area contributed by atoms with Crippen LogP contribution in [0, 0.1) is 5.41 Å². The van der Waals surface area contributed by atoms with Crippen LogP contribution in [0.5, 0.6) is 0 Å². The Morgan fingerprint density at radius 1 is 1.45 bits per heavy atom. The molecule has 1 unspecified atom stereocenters. The van der Waals surface area contributed by atoms with E-state index in [4.69, 9.17) is 10.5 Å². The van der Waals surface area contributed by atoms with Crippen molar-refractivity contribution < 1.29 is 9.53 Å². The van der Waals surface area contributed by atoms with Gasteiger partial charge in [-0.3, -0.25) is 4.79 Å². The van der Waals surface area contributed by atoms with Gasteiger partial charge in [0.25, 0.3) is 5.91 Å². The zero-order valence-corrected chi connectivity index (χ0v) is 13.6. The quantitative estimate of drug-likeness (QED) is 0.867. The molecule has 3 atom stereocenters. The van der Waals surface area contributed by atoms with Crippen LogP contribution in [-0.2, 0) is 9.53 Å². The molecule has 0 aliphatic carbocycles. The Kier molecular flexibility index (Phi) is 6.76. The van der Waals surface area contributed by atoms with Gasteiger partial charge in [0, 0.05) is 19.6 Å². The highest BCUT2D eigenvalue weighted by molar-refractivity contribution is 5.85. The molecule has 2 heterocycles. The van der Waals surface area contributed by atoms with E-state index < -0.39 is 0 Å². The Bertz CT molecular complexity index is 323. The van der Waals surface area contributed by atoms with E-state index in [2.05, 4.69) is 13.8 Å². The summed E-state index contributed by atoms with van der Waals surface area (Å²) >= 11 is 0. The Morgan fingerprint density at radius 3 is 2.80 bits per heavy atom. The first-order valence-corrected chi connectivity index (χ1v) is 7.72. The van der Waals surface area contributed by atoms with Crippen molar-refractivity contribution in [2.75, 3.05) is 19.6 Å². The highest BCUT2D eigenvalue weighted by Crippen LogP contribution is 2.35. The Labute approximate surface area is 128 Å². The summed E-state index contributed by atoms with van der Waals surface area (Å²) in [5.74, 6) is 0.193. The summed E-state index contributed by atoms with van der Waals surface area (Å²) < 4.78 is 5.74. The van der Waals surface area contributed by atoms with Gasteiger partial charge in [-0.1, -0.05) is 20.3 Å². The molecule has 0 aromatic carbocycles. The maximum absolute atomic E-state index is 12.5. The number of carbonyl (C=O) groups excluding carboxylic acids is 1. The average molecular weight is 305 g/mol. The van der Waals surface area contributed by atoms with Crippen molar-refractivity contribution in [3.63, 3.8) is 0 Å². The summed E-state index contributed by atoms with van der Waals surface area (Å²) in [6, 6.07) is 0. The summed E-state index contributed by atoms with van der Waals surface area (Å²) in [7, 11) is 0. The van der Waals surface area contributed by atoms with Gasteiger partial charge in [-0.05, 0) is 37.5 Å². The van der Waals surface area contributed by atoms with E-state index in [0.29, 0.717) is 12.0 Å². The first kappa shape index (κ1) is 17.7. The number of halogens is 1. The molecule has 0 aromatic rings. The normalized spacial score (nSPS) is 33.9. The highest BCUT2D eigenvalue weighted by atomic mass is 35.5. The zero-order chi connectivity index (χ0) is 13.9. The summed E-state index contributed by atoms with van der Waals surface area (Å²) in [5, 5.41) is 0. The van der Waals surface area contributed by atoms with Crippen LogP contribution in [0.4, 0.5) is 0 Å². The van der Waals surface area contributed by atoms with E-state index in [1.54, 1.807) is 0 Å². The number of carbonyl (C=O) groups is 1. The zero-order valence-electron chi connectivity index (χ0n) is 12.8. The number of ether oxygens (including phenoxy) is 1. The van der Waals surface area contributed by atoms with E-state index in [1.165, 1.54) is 19.3 Å². The molecule has 0 bridgehead atoms. The van der Waals surface area contributed by atoms with Gasteiger partial charge in [-0.25, -0.2) is 0 Å². The maximum Gasteiger partial charge on any atom is 0.251 e. The number of nitrogens with two attached hydrogens (primary N) is 1. The van der Waals surface area contributed by atoms with E-state index >= 15 is 0 Å². The van der Waals surface area contributed by atoms with Crippen LogP contribution in [0.2, 0.25) is 0 Å². The number of nitrogens with zero attached hydrogens (tertiary/aromatic N) is 1. The van der Waals surface area contributed by atoms with Gasteiger partial charge in [0.2, 0.25) is 0 Å². The minimum absolute atomic E-state index is 0. The Balaban J connectivity index is 0.00000200. The largest absolute Gasteiger partial charge is 0.364 e. The van der Waals surface area contributed by atoms with Crippen LogP contribution < -0.4 is 5.73 Å². The van der Waals surface area contributed by atoms with Crippen LogP contribution in [0.3, 0.4) is 0 Å².